The van der Waals surface area contributed by atoms with Gasteiger partial charge in [-0.3, -0.25) is 4.79 Å². The molecule has 0 fully saturated rings. The molecule has 6 heteroatoms. The fraction of sp³-hybridized carbons (Fsp3) is 0. The molecule has 21 heavy (non-hydrogen) atoms. The molecule has 0 heterocycles. The highest BCUT2D eigenvalue weighted by molar-refractivity contribution is 5.95. The number of nitrogens with one attached hydrogen (secondary N) is 1. The summed E-state index contributed by atoms with van der Waals surface area (Å²) in [6.07, 6.45) is 1.36. The van der Waals surface area contributed by atoms with E-state index in [0.717, 1.165) is 6.07 Å². The number of amides is 1. The number of halogens is 1. The van der Waals surface area contributed by atoms with Crippen molar-refractivity contribution in [1.82, 2.24) is 5.43 Å². The highest BCUT2D eigenvalue weighted by Gasteiger charge is 2.04. The molecule has 0 aliphatic carbocycles. The maximum Gasteiger partial charge on any atom is 0.335 e. The van der Waals surface area contributed by atoms with Crippen molar-refractivity contribution < 1.29 is 19.1 Å². The van der Waals surface area contributed by atoms with Gasteiger partial charge in [0, 0.05) is 5.56 Å². The van der Waals surface area contributed by atoms with Crippen molar-refractivity contribution in [1.29, 1.82) is 0 Å². The monoisotopic (exact) mass is 286 g/mol. The first-order valence-electron chi connectivity index (χ1n) is 5.98. The highest BCUT2D eigenvalue weighted by Crippen LogP contribution is 2.04. The Morgan fingerprint density at radius 1 is 1.10 bits per heavy atom. The molecule has 106 valence electrons. The SMILES string of the molecule is O=C(O)c1ccc(C=NNC(=O)c2cccc(F)c2)cc1. The van der Waals surface area contributed by atoms with E-state index in [-0.39, 0.29) is 11.1 Å². The molecule has 0 aliphatic rings. The lowest BCUT2D eigenvalue weighted by Crippen LogP contribution is -2.17. The van der Waals surface area contributed by atoms with Crippen LogP contribution in [0.4, 0.5) is 4.39 Å². The van der Waals surface area contributed by atoms with Crippen molar-refractivity contribution in [3.05, 3.63) is 71.0 Å². The van der Waals surface area contributed by atoms with E-state index < -0.39 is 17.7 Å². The molecular weight excluding hydrogens is 275 g/mol. The third kappa shape index (κ3) is 3.97. The van der Waals surface area contributed by atoms with Crippen molar-refractivity contribution in [2.45, 2.75) is 0 Å². The third-order valence-corrected chi connectivity index (χ3v) is 2.62. The summed E-state index contributed by atoms with van der Waals surface area (Å²) >= 11 is 0. The molecule has 5 nitrogen and oxygen atoms in total. The predicted octanol–water partition coefficient (Wildman–Crippen LogP) is 2.29. The summed E-state index contributed by atoms with van der Waals surface area (Å²) < 4.78 is 13.0. The van der Waals surface area contributed by atoms with E-state index in [2.05, 4.69) is 10.5 Å². The van der Waals surface area contributed by atoms with Gasteiger partial charge in [-0.2, -0.15) is 5.10 Å². The van der Waals surface area contributed by atoms with E-state index in [9.17, 15) is 14.0 Å². The molecule has 0 aliphatic heterocycles. The molecule has 0 radical (unpaired) electrons. The molecule has 2 aromatic carbocycles. The van der Waals surface area contributed by atoms with Crippen LogP contribution >= 0.6 is 0 Å². The third-order valence-electron chi connectivity index (χ3n) is 2.62. The number of hydrogen-bond donors (Lipinski definition) is 2. The number of carbonyl (C=O) groups excluding carboxylic acids is 1. The highest BCUT2D eigenvalue weighted by atomic mass is 19.1. The number of carboxylic acid groups (broad SMARTS) is 1. The number of aromatic carboxylic acids is 1. The van der Waals surface area contributed by atoms with Gasteiger partial charge in [0.2, 0.25) is 0 Å². The van der Waals surface area contributed by atoms with E-state index in [4.69, 9.17) is 5.11 Å². The molecule has 0 unspecified atom stereocenters. The van der Waals surface area contributed by atoms with Crippen molar-refractivity contribution in [3.8, 4) is 0 Å². The minimum atomic E-state index is -1.02. The van der Waals surface area contributed by atoms with Crippen LogP contribution in [0, 0.1) is 5.82 Å². The van der Waals surface area contributed by atoms with E-state index in [1.165, 1.54) is 36.5 Å². The standard InChI is InChI=1S/C15H11FN2O3/c16-13-3-1-2-12(8-13)14(19)18-17-9-10-4-6-11(7-5-10)15(20)21/h1-9H,(H,18,19)(H,20,21). The second-order valence-corrected chi connectivity index (χ2v) is 4.14. The maximum absolute atomic E-state index is 13.0. The first-order valence-corrected chi connectivity index (χ1v) is 5.98. The number of rotatable bonds is 4. The molecule has 0 aromatic heterocycles. The zero-order chi connectivity index (χ0) is 15.2. The Labute approximate surface area is 119 Å². The lowest BCUT2D eigenvalue weighted by atomic mass is 10.1. The van der Waals surface area contributed by atoms with Crippen molar-refractivity contribution in [3.63, 3.8) is 0 Å². The Balaban J connectivity index is 1.99. The fourth-order valence-corrected chi connectivity index (χ4v) is 1.57. The number of carboxylic acids is 1. The summed E-state index contributed by atoms with van der Waals surface area (Å²) in [6, 6.07) is 11.2. The lowest BCUT2D eigenvalue weighted by molar-refractivity contribution is 0.0696. The van der Waals surface area contributed by atoms with Gasteiger partial charge >= 0.3 is 5.97 Å². The van der Waals surface area contributed by atoms with E-state index >= 15 is 0 Å². The van der Waals surface area contributed by atoms with Crippen molar-refractivity contribution in [2.24, 2.45) is 5.10 Å². The van der Waals surface area contributed by atoms with Crippen LogP contribution in [-0.4, -0.2) is 23.2 Å². The molecule has 0 atom stereocenters. The molecule has 0 saturated carbocycles. The Kier molecular flexibility index (Phi) is 4.40. The molecule has 1 amide bonds. The molecule has 2 rings (SSSR count). The zero-order valence-electron chi connectivity index (χ0n) is 10.8. The van der Waals surface area contributed by atoms with E-state index in [1.54, 1.807) is 12.1 Å². The molecular formula is C15H11FN2O3. The van der Waals surface area contributed by atoms with Crippen molar-refractivity contribution >= 4 is 18.1 Å². The van der Waals surface area contributed by atoms with Gasteiger partial charge < -0.3 is 5.11 Å². The normalized spacial score (nSPS) is 10.5. The van der Waals surface area contributed by atoms with Gasteiger partial charge in [0.05, 0.1) is 11.8 Å². The summed E-state index contributed by atoms with van der Waals surface area (Å²) in [5.41, 5.74) is 3.21. The average molecular weight is 286 g/mol. The second kappa shape index (κ2) is 6.42. The van der Waals surface area contributed by atoms with Crippen LogP contribution < -0.4 is 5.43 Å². The second-order valence-electron chi connectivity index (χ2n) is 4.14. The van der Waals surface area contributed by atoms with Crippen LogP contribution in [0.25, 0.3) is 0 Å². The van der Waals surface area contributed by atoms with Gasteiger partial charge in [-0.25, -0.2) is 14.6 Å². The van der Waals surface area contributed by atoms with Crippen molar-refractivity contribution in [2.75, 3.05) is 0 Å². The quantitative estimate of drug-likeness (QED) is 0.668. The van der Waals surface area contributed by atoms with Gasteiger partial charge in [0.15, 0.2) is 0 Å². The van der Waals surface area contributed by atoms with Crippen LogP contribution in [-0.2, 0) is 0 Å². The number of hydrazone groups is 1. The first kappa shape index (κ1) is 14.4. The molecule has 0 bridgehead atoms. The summed E-state index contributed by atoms with van der Waals surface area (Å²) in [6.45, 7) is 0. The fourth-order valence-electron chi connectivity index (χ4n) is 1.57. The van der Waals surface area contributed by atoms with Gasteiger partial charge in [-0.1, -0.05) is 18.2 Å². The minimum Gasteiger partial charge on any atom is -0.478 e. The zero-order valence-corrected chi connectivity index (χ0v) is 10.8. The summed E-state index contributed by atoms with van der Waals surface area (Å²) in [5.74, 6) is -2.05. The Bertz CT molecular complexity index is 696. The number of carbonyl (C=O) groups is 2. The summed E-state index contributed by atoms with van der Waals surface area (Å²) in [5, 5.41) is 12.5. The molecule has 2 N–H and O–H groups in total. The van der Waals surface area contributed by atoms with Gasteiger partial charge in [-0.15, -0.1) is 0 Å². The first-order chi connectivity index (χ1) is 10.1. The number of nitrogens with zero attached hydrogens (tertiary/aromatic N) is 1. The average Bonchev–Trinajstić information content (AvgIpc) is 2.47. The Morgan fingerprint density at radius 2 is 1.81 bits per heavy atom. The molecule has 0 saturated heterocycles. The van der Waals surface area contributed by atoms with Crippen LogP contribution in [0.2, 0.25) is 0 Å². The van der Waals surface area contributed by atoms with Gasteiger partial charge in [0.1, 0.15) is 5.82 Å². The molecule has 2 aromatic rings. The Morgan fingerprint density at radius 3 is 2.43 bits per heavy atom. The van der Waals surface area contributed by atoms with Crippen LogP contribution in [0.3, 0.4) is 0 Å². The topological polar surface area (TPSA) is 78.8 Å². The van der Waals surface area contributed by atoms with Crippen LogP contribution in [0.15, 0.2) is 53.6 Å². The number of hydrogen-bond acceptors (Lipinski definition) is 3. The molecule has 0 spiro atoms. The smallest absolute Gasteiger partial charge is 0.335 e. The predicted molar refractivity (Wildman–Crippen MR) is 74.9 cm³/mol. The largest absolute Gasteiger partial charge is 0.478 e. The Hall–Kier alpha value is -3.02. The van der Waals surface area contributed by atoms with Gasteiger partial charge in [0.25, 0.3) is 5.91 Å². The summed E-state index contributed by atoms with van der Waals surface area (Å²) in [7, 11) is 0. The lowest BCUT2D eigenvalue weighted by Gasteiger charge is -2.00. The van der Waals surface area contributed by atoms with Gasteiger partial charge in [-0.05, 0) is 35.9 Å². The van der Waals surface area contributed by atoms with E-state index in [0.29, 0.717) is 5.56 Å². The maximum atomic E-state index is 13.0. The minimum absolute atomic E-state index is 0.161. The number of benzene rings is 2. The summed E-state index contributed by atoms with van der Waals surface area (Å²) in [4.78, 5) is 22.3. The van der Waals surface area contributed by atoms with E-state index in [1.807, 2.05) is 0 Å². The van der Waals surface area contributed by atoms with Crippen LogP contribution in [0.5, 0.6) is 0 Å². The van der Waals surface area contributed by atoms with Crippen LogP contribution in [0.1, 0.15) is 26.3 Å².